The molecule has 4 heteroatoms. The maximum atomic E-state index is 6.31. The summed E-state index contributed by atoms with van der Waals surface area (Å²) < 4.78 is 1.80. The third kappa shape index (κ3) is 2.98. The van der Waals surface area contributed by atoms with Crippen LogP contribution < -0.4 is 5.73 Å². The average molecular weight is 244 g/mol. The van der Waals surface area contributed by atoms with E-state index in [2.05, 4.69) is 18.9 Å². The highest BCUT2D eigenvalue weighted by molar-refractivity contribution is 6.31. The van der Waals surface area contributed by atoms with Gasteiger partial charge in [-0.25, -0.2) is 0 Å². The Kier molecular flexibility index (Phi) is 5.29. The van der Waals surface area contributed by atoms with Crippen molar-refractivity contribution in [1.82, 2.24) is 9.78 Å². The number of aromatic nitrogens is 2. The van der Waals surface area contributed by atoms with Gasteiger partial charge in [-0.3, -0.25) is 4.68 Å². The molecular formula is C12H22ClN3. The number of rotatable bonds is 6. The number of hydrogen-bond acceptors (Lipinski definition) is 2. The molecule has 1 rings (SSSR count). The Labute approximate surface area is 103 Å². The summed E-state index contributed by atoms with van der Waals surface area (Å²) in [4.78, 5) is 0. The fourth-order valence-electron chi connectivity index (χ4n) is 2.26. The van der Waals surface area contributed by atoms with Crippen molar-refractivity contribution >= 4 is 11.6 Å². The topological polar surface area (TPSA) is 43.8 Å². The average Bonchev–Trinajstić information content (AvgIpc) is 2.57. The van der Waals surface area contributed by atoms with Gasteiger partial charge >= 0.3 is 0 Å². The molecule has 0 amide bonds. The Balaban J connectivity index is 2.84. The lowest BCUT2D eigenvalue weighted by Crippen LogP contribution is -2.24. The maximum absolute atomic E-state index is 6.31. The summed E-state index contributed by atoms with van der Waals surface area (Å²) in [5, 5.41) is 4.83. The molecule has 0 bridgehead atoms. The first-order valence-corrected chi connectivity index (χ1v) is 6.42. The standard InChI is InChI=1S/C12H22ClN3/c1-4-6-9(7-5-2)11(14)12-10(13)8-15-16(12)3/h8-9,11H,4-7,14H2,1-3H3. The first-order chi connectivity index (χ1) is 7.61. The van der Waals surface area contributed by atoms with Crippen molar-refractivity contribution in [1.29, 1.82) is 0 Å². The van der Waals surface area contributed by atoms with E-state index in [1.54, 1.807) is 10.9 Å². The zero-order chi connectivity index (χ0) is 12.1. The van der Waals surface area contributed by atoms with Gasteiger partial charge in [-0.05, 0) is 18.8 Å². The number of nitrogens with zero attached hydrogens (tertiary/aromatic N) is 2. The van der Waals surface area contributed by atoms with Crippen LogP contribution in [-0.4, -0.2) is 9.78 Å². The van der Waals surface area contributed by atoms with Gasteiger partial charge in [-0.1, -0.05) is 38.3 Å². The molecule has 0 fully saturated rings. The van der Waals surface area contributed by atoms with Gasteiger partial charge in [0, 0.05) is 7.05 Å². The van der Waals surface area contributed by atoms with Gasteiger partial charge in [0.25, 0.3) is 0 Å². The van der Waals surface area contributed by atoms with Crippen LogP contribution in [0.15, 0.2) is 6.20 Å². The van der Waals surface area contributed by atoms with E-state index in [0.29, 0.717) is 10.9 Å². The van der Waals surface area contributed by atoms with Crippen LogP contribution in [-0.2, 0) is 7.05 Å². The minimum absolute atomic E-state index is 0.0000926. The highest BCUT2D eigenvalue weighted by atomic mass is 35.5. The number of halogens is 1. The second kappa shape index (κ2) is 6.26. The molecule has 3 nitrogen and oxygen atoms in total. The molecule has 0 saturated heterocycles. The molecule has 0 aromatic carbocycles. The van der Waals surface area contributed by atoms with Gasteiger partial charge in [-0.15, -0.1) is 0 Å². The fraction of sp³-hybridized carbons (Fsp3) is 0.750. The summed E-state index contributed by atoms with van der Waals surface area (Å²) in [5.41, 5.74) is 7.28. The van der Waals surface area contributed by atoms with Crippen molar-refractivity contribution in [2.75, 3.05) is 0 Å². The molecule has 1 aromatic heterocycles. The van der Waals surface area contributed by atoms with E-state index < -0.39 is 0 Å². The molecule has 16 heavy (non-hydrogen) atoms. The molecule has 0 spiro atoms. The number of hydrogen-bond donors (Lipinski definition) is 1. The smallest absolute Gasteiger partial charge is 0.0834 e. The van der Waals surface area contributed by atoms with E-state index in [-0.39, 0.29) is 6.04 Å². The third-order valence-corrected chi connectivity index (χ3v) is 3.37. The SMILES string of the molecule is CCCC(CCC)C(N)c1c(Cl)cnn1C. The van der Waals surface area contributed by atoms with E-state index in [9.17, 15) is 0 Å². The minimum atomic E-state index is -0.0000926. The van der Waals surface area contributed by atoms with Crippen LogP contribution in [0.3, 0.4) is 0 Å². The number of aryl methyl sites for hydroxylation is 1. The van der Waals surface area contributed by atoms with Crippen molar-refractivity contribution in [3.05, 3.63) is 16.9 Å². The Morgan fingerprint density at radius 3 is 2.31 bits per heavy atom. The van der Waals surface area contributed by atoms with Crippen LogP contribution in [0, 0.1) is 5.92 Å². The summed E-state index contributed by atoms with van der Waals surface area (Å²) in [6.07, 6.45) is 6.29. The normalized spacial score (nSPS) is 13.4. The van der Waals surface area contributed by atoms with Gasteiger partial charge in [0.15, 0.2) is 0 Å². The molecule has 0 radical (unpaired) electrons. The van der Waals surface area contributed by atoms with Crippen LogP contribution >= 0.6 is 11.6 Å². The highest BCUT2D eigenvalue weighted by Gasteiger charge is 2.23. The second-order valence-corrected chi connectivity index (χ2v) is 4.77. The molecule has 0 saturated carbocycles. The fourth-order valence-corrected chi connectivity index (χ4v) is 2.56. The molecule has 0 aliphatic rings. The molecule has 0 aliphatic carbocycles. The zero-order valence-electron chi connectivity index (χ0n) is 10.4. The summed E-state index contributed by atoms with van der Waals surface area (Å²) in [7, 11) is 1.90. The largest absolute Gasteiger partial charge is 0.322 e. The minimum Gasteiger partial charge on any atom is -0.322 e. The van der Waals surface area contributed by atoms with E-state index in [4.69, 9.17) is 17.3 Å². The van der Waals surface area contributed by atoms with Crippen LogP contribution in [0.4, 0.5) is 0 Å². The van der Waals surface area contributed by atoms with Crippen LogP contribution in [0.25, 0.3) is 0 Å². The molecule has 1 atom stereocenters. The summed E-state index contributed by atoms with van der Waals surface area (Å²) in [6.45, 7) is 4.39. The first-order valence-electron chi connectivity index (χ1n) is 6.04. The monoisotopic (exact) mass is 243 g/mol. The third-order valence-electron chi connectivity index (χ3n) is 3.08. The quantitative estimate of drug-likeness (QED) is 0.833. The summed E-state index contributed by atoms with van der Waals surface area (Å²) in [6, 6.07) is -0.0000926. The van der Waals surface area contributed by atoms with Crippen molar-refractivity contribution < 1.29 is 0 Å². The molecule has 92 valence electrons. The van der Waals surface area contributed by atoms with Crippen LogP contribution in [0.1, 0.15) is 51.3 Å². The Morgan fingerprint density at radius 1 is 1.38 bits per heavy atom. The lowest BCUT2D eigenvalue weighted by atomic mass is 9.89. The van der Waals surface area contributed by atoms with Gasteiger partial charge < -0.3 is 5.73 Å². The van der Waals surface area contributed by atoms with Crippen molar-refractivity contribution in [3.8, 4) is 0 Å². The first kappa shape index (κ1) is 13.5. The molecular weight excluding hydrogens is 222 g/mol. The van der Waals surface area contributed by atoms with Gasteiger partial charge in [0.1, 0.15) is 0 Å². The van der Waals surface area contributed by atoms with E-state index in [1.165, 1.54) is 0 Å². The van der Waals surface area contributed by atoms with E-state index in [0.717, 1.165) is 31.4 Å². The van der Waals surface area contributed by atoms with Crippen LogP contribution in [0.5, 0.6) is 0 Å². The Hall–Kier alpha value is -0.540. The van der Waals surface area contributed by atoms with Gasteiger partial charge in [0.2, 0.25) is 0 Å². The Morgan fingerprint density at radius 2 is 1.94 bits per heavy atom. The lowest BCUT2D eigenvalue weighted by molar-refractivity contribution is 0.355. The van der Waals surface area contributed by atoms with E-state index >= 15 is 0 Å². The molecule has 1 unspecified atom stereocenters. The molecule has 1 heterocycles. The second-order valence-electron chi connectivity index (χ2n) is 4.36. The molecule has 0 aliphatic heterocycles. The predicted octanol–water partition coefficient (Wildman–Crippen LogP) is 3.29. The van der Waals surface area contributed by atoms with Crippen molar-refractivity contribution in [2.45, 2.75) is 45.6 Å². The summed E-state index contributed by atoms with van der Waals surface area (Å²) in [5.74, 6) is 0.503. The zero-order valence-corrected chi connectivity index (χ0v) is 11.2. The predicted molar refractivity (Wildman–Crippen MR) is 68.5 cm³/mol. The van der Waals surface area contributed by atoms with Crippen molar-refractivity contribution in [2.24, 2.45) is 18.7 Å². The molecule has 1 aromatic rings. The van der Waals surface area contributed by atoms with Gasteiger partial charge in [0.05, 0.1) is 23.0 Å². The number of nitrogens with two attached hydrogens (primary N) is 1. The summed E-state index contributed by atoms with van der Waals surface area (Å²) >= 11 is 6.12. The lowest BCUT2D eigenvalue weighted by Gasteiger charge is -2.23. The Bertz CT molecular complexity index is 297. The van der Waals surface area contributed by atoms with Crippen molar-refractivity contribution in [3.63, 3.8) is 0 Å². The molecule has 2 N–H and O–H groups in total. The van der Waals surface area contributed by atoms with Crippen LogP contribution in [0.2, 0.25) is 5.02 Å². The van der Waals surface area contributed by atoms with Gasteiger partial charge in [-0.2, -0.15) is 5.10 Å². The maximum Gasteiger partial charge on any atom is 0.0834 e. The highest BCUT2D eigenvalue weighted by Crippen LogP contribution is 2.31. The van der Waals surface area contributed by atoms with E-state index in [1.807, 2.05) is 7.05 Å².